The quantitative estimate of drug-likeness (QED) is 0.922. The predicted molar refractivity (Wildman–Crippen MR) is 91.2 cm³/mol. The van der Waals surface area contributed by atoms with Gasteiger partial charge in [0, 0.05) is 24.3 Å². The third-order valence-corrected chi connectivity index (χ3v) is 4.76. The number of rotatable bonds is 3. The van der Waals surface area contributed by atoms with Crippen LogP contribution in [0.3, 0.4) is 0 Å². The number of hydrogen-bond acceptors (Lipinski definition) is 4. The van der Waals surface area contributed by atoms with E-state index in [1.165, 1.54) is 5.56 Å². The molecule has 1 aliphatic heterocycles. The molecule has 3 rings (SSSR count). The molecule has 0 unspecified atom stereocenters. The number of ketones is 1. The Kier molecular flexibility index (Phi) is 4.19. The van der Waals surface area contributed by atoms with E-state index in [4.69, 9.17) is 10.5 Å². The molecule has 1 aromatic carbocycles. The molecule has 24 heavy (non-hydrogen) atoms. The molecule has 2 N–H and O–H groups in total. The summed E-state index contributed by atoms with van der Waals surface area (Å²) in [6, 6.07) is 12.2. The van der Waals surface area contributed by atoms with Crippen molar-refractivity contribution in [1.82, 2.24) is 0 Å². The number of benzene rings is 1. The van der Waals surface area contributed by atoms with E-state index in [1.54, 1.807) is 0 Å². The van der Waals surface area contributed by atoms with Crippen LogP contribution in [0.4, 0.5) is 0 Å². The first kappa shape index (κ1) is 16.3. The molecule has 2 aliphatic rings. The molecule has 0 aromatic heterocycles. The SMILES string of the molecule is CC1(C)CC(=O)C2=C(C1)OC(N)=C(C#N)[C@H]2CCc1ccccc1. The van der Waals surface area contributed by atoms with Crippen LogP contribution in [0.15, 0.2) is 53.1 Å². The lowest BCUT2D eigenvalue weighted by atomic mass is 9.71. The number of nitrogens with zero attached hydrogens (tertiary/aromatic N) is 1. The maximum Gasteiger partial charge on any atom is 0.204 e. The molecule has 4 nitrogen and oxygen atoms in total. The number of aryl methyl sites for hydroxylation is 1. The highest BCUT2D eigenvalue weighted by Gasteiger charge is 2.41. The van der Waals surface area contributed by atoms with E-state index >= 15 is 0 Å². The lowest BCUT2D eigenvalue weighted by molar-refractivity contribution is -0.119. The van der Waals surface area contributed by atoms with Crippen molar-refractivity contribution in [3.63, 3.8) is 0 Å². The van der Waals surface area contributed by atoms with E-state index < -0.39 is 0 Å². The lowest BCUT2D eigenvalue weighted by Crippen LogP contribution is -2.34. The van der Waals surface area contributed by atoms with Gasteiger partial charge in [-0.25, -0.2) is 0 Å². The Labute approximate surface area is 142 Å². The van der Waals surface area contributed by atoms with Crippen molar-refractivity contribution in [3.8, 4) is 6.07 Å². The second-order valence-corrected chi connectivity index (χ2v) is 7.35. The highest BCUT2D eigenvalue weighted by Crippen LogP contribution is 2.45. The lowest BCUT2D eigenvalue weighted by Gasteiger charge is -2.37. The molecule has 0 saturated heterocycles. The van der Waals surface area contributed by atoms with Gasteiger partial charge in [0.15, 0.2) is 5.78 Å². The molecule has 1 atom stereocenters. The van der Waals surface area contributed by atoms with Gasteiger partial charge in [-0.3, -0.25) is 4.79 Å². The Morgan fingerprint density at radius 1 is 1.29 bits per heavy atom. The standard InChI is InChI=1S/C20H22N2O2/c1-20(2)10-16(23)18-14(9-8-13-6-4-3-5-7-13)15(12-21)19(22)24-17(18)11-20/h3-7,14H,8-11,22H2,1-2H3/t14-/m1/s1. The first-order valence-electron chi connectivity index (χ1n) is 8.29. The van der Waals surface area contributed by atoms with Crippen molar-refractivity contribution in [3.05, 3.63) is 58.7 Å². The highest BCUT2D eigenvalue weighted by molar-refractivity contribution is 5.98. The van der Waals surface area contributed by atoms with Crippen molar-refractivity contribution in [1.29, 1.82) is 5.26 Å². The Balaban J connectivity index is 1.93. The molecule has 1 aromatic rings. The number of ether oxygens (including phenoxy) is 1. The predicted octanol–water partition coefficient (Wildman–Crippen LogP) is 3.60. The molecule has 0 bridgehead atoms. The number of allylic oxidation sites excluding steroid dienone is 3. The van der Waals surface area contributed by atoms with Crippen molar-refractivity contribution >= 4 is 5.78 Å². The molecule has 0 spiro atoms. The summed E-state index contributed by atoms with van der Waals surface area (Å²) in [5.74, 6) is 0.632. The zero-order chi connectivity index (χ0) is 17.3. The van der Waals surface area contributed by atoms with E-state index in [9.17, 15) is 10.1 Å². The van der Waals surface area contributed by atoms with E-state index in [-0.39, 0.29) is 23.0 Å². The van der Waals surface area contributed by atoms with Crippen LogP contribution in [-0.2, 0) is 16.0 Å². The van der Waals surface area contributed by atoms with Gasteiger partial charge in [-0.2, -0.15) is 5.26 Å². The third-order valence-electron chi connectivity index (χ3n) is 4.76. The number of nitriles is 1. The molecule has 0 radical (unpaired) electrons. The fourth-order valence-corrected chi connectivity index (χ4v) is 3.64. The summed E-state index contributed by atoms with van der Waals surface area (Å²) in [6.07, 6.45) is 2.63. The number of carbonyl (C=O) groups is 1. The van der Waals surface area contributed by atoms with Gasteiger partial charge in [-0.15, -0.1) is 0 Å². The van der Waals surface area contributed by atoms with Crippen LogP contribution in [0.1, 0.15) is 38.7 Å². The molecule has 1 heterocycles. The molecule has 0 fully saturated rings. The van der Waals surface area contributed by atoms with Crippen LogP contribution in [0, 0.1) is 22.7 Å². The maximum absolute atomic E-state index is 12.7. The topological polar surface area (TPSA) is 76.1 Å². The second kappa shape index (κ2) is 6.16. The fourth-order valence-electron chi connectivity index (χ4n) is 3.64. The molecular weight excluding hydrogens is 300 g/mol. The highest BCUT2D eigenvalue weighted by atomic mass is 16.5. The van der Waals surface area contributed by atoms with Crippen molar-refractivity contribution in [2.45, 2.75) is 39.5 Å². The Morgan fingerprint density at radius 2 is 2.00 bits per heavy atom. The van der Waals surface area contributed by atoms with E-state index in [2.05, 4.69) is 32.0 Å². The molecule has 124 valence electrons. The third kappa shape index (κ3) is 3.07. The van der Waals surface area contributed by atoms with Gasteiger partial charge < -0.3 is 10.5 Å². The van der Waals surface area contributed by atoms with Crippen molar-refractivity contribution in [2.24, 2.45) is 17.1 Å². The van der Waals surface area contributed by atoms with Crippen molar-refractivity contribution < 1.29 is 9.53 Å². The summed E-state index contributed by atoms with van der Waals surface area (Å²) in [4.78, 5) is 12.7. The van der Waals surface area contributed by atoms with Crippen LogP contribution >= 0.6 is 0 Å². The molecular formula is C20H22N2O2. The Bertz CT molecular complexity index is 767. The van der Waals surface area contributed by atoms with E-state index in [0.29, 0.717) is 36.2 Å². The first-order chi connectivity index (χ1) is 11.4. The largest absolute Gasteiger partial charge is 0.444 e. The summed E-state index contributed by atoms with van der Waals surface area (Å²) < 4.78 is 5.68. The average molecular weight is 322 g/mol. The zero-order valence-electron chi connectivity index (χ0n) is 14.1. The van der Waals surface area contributed by atoms with Crippen LogP contribution in [0.2, 0.25) is 0 Å². The smallest absolute Gasteiger partial charge is 0.204 e. The van der Waals surface area contributed by atoms with Gasteiger partial charge in [0.1, 0.15) is 11.8 Å². The van der Waals surface area contributed by atoms with Crippen molar-refractivity contribution in [2.75, 3.05) is 0 Å². The molecule has 1 aliphatic carbocycles. The maximum atomic E-state index is 12.7. The molecule has 0 amide bonds. The van der Waals surface area contributed by atoms with Gasteiger partial charge in [0.25, 0.3) is 0 Å². The van der Waals surface area contributed by atoms with E-state index in [0.717, 1.165) is 6.42 Å². The Morgan fingerprint density at radius 3 is 2.67 bits per heavy atom. The van der Waals surface area contributed by atoms with Crippen LogP contribution < -0.4 is 5.73 Å². The van der Waals surface area contributed by atoms with Crippen LogP contribution in [0.5, 0.6) is 0 Å². The zero-order valence-corrected chi connectivity index (χ0v) is 14.1. The number of Topliss-reactive ketones (excluding diaryl/α,β-unsaturated/α-hetero) is 1. The minimum atomic E-state index is -0.262. The average Bonchev–Trinajstić information content (AvgIpc) is 2.51. The van der Waals surface area contributed by atoms with Gasteiger partial charge in [-0.1, -0.05) is 44.2 Å². The van der Waals surface area contributed by atoms with E-state index in [1.807, 2.05) is 18.2 Å². The minimum absolute atomic E-state index is 0.0829. The summed E-state index contributed by atoms with van der Waals surface area (Å²) in [6.45, 7) is 4.10. The molecule has 0 saturated carbocycles. The summed E-state index contributed by atoms with van der Waals surface area (Å²) >= 11 is 0. The van der Waals surface area contributed by atoms with Gasteiger partial charge >= 0.3 is 0 Å². The van der Waals surface area contributed by atoms with Gasteiger partial charge in [-0.05, 0) is 23.8 Å². The number of hydrogen-bond donors (Lipinski definition) is 1. The number of nitrogens with two attached hydrogens (primary N) is 1. The first-order valence-corrected chi connectivity index (χ1v) is 8.29. The van der Waals surface area contributed by atoms with Gasteiger partial charge in [0.05, 0.1) is 5.57 Å². The summed E-state index contributed by atoms with van der Waals surface area (Å²) in [5.41, 5.74) is 8.08. The molecule has 4 heteroatoms. The Hall–Kier alpha value is -2.54. The monoisotopic (exact) mass is 322 g/mol. The fraction of sp³-hybridized carbons (Fsp3) is 0.400. The second-order valence-electron chi connectivity index (χ2n) is 7.35. The minimum Gasteiger partial charge on any atom is -0.444 e. The summed E-state index contributed by atoms with van der Waals surface area (Å²) in [7, 11) is 0. The summed E-state index contributed by atoms with van der Waals surface area (Å²) in [5, 5.41) is 9.51. The van der Waals surface area contributed by atoms with Gasteiger partial charge in [0.2, 0.25) is 5.88 Å². The number of carbonyl (C=O) groups excluding carboxylic acids is 1. The van der Waals surface area contributed by atoms with Crippen LogP contribution in [-0.4, -0.2) is 5.78 Å². The van der Waals surface area contributed by atoms with Crippen LogP contribution in [0.25, 0.3) is 0 Å². The normalized spacial score (nSPS) is 22.7.